The van der Waals surface area contributed by atoms with Crippen LogP contribution in [0.15, 0.2) is 54.6 Å². The van der Waals surface area contributed by atoms with E-state index in [2.05, 4.69) is 5.32 Å². The molecule has 3 heteroatoms. The van der Waals surface area contributed by atoms with Crippen molar-refractivity contribution in [1.29, 1.82) is 0 Å². The van der Waals surface area contributed by atoms with Crippen LogP contribution in [0.2, 0.25) is 0 Å². The highest BCUT2D eigenvalue weighted by Crippen LogP contribution is 2.39. The molecule has 1 aliphatic rings. The minimum atomic E-state index is -0.792. The average Bonchev–Trinajstić information content (AvgIpc) is 3.39. The van der Waals surface area contributed by atoms with E-state index in [0.29, 0.717) is 18.0 Å². The lowest BCUT2D eigenvalue weighted by Gasteiger charge is -2.23. The molecule has 3 rings (SSSR count). The van der Waals surface area contributed by atoms with E-state index < -0.39 is 5.60 Å². The van der Waals surface area contributed by atoms with Crippen LogP contribution in [0.5, 0.6) is 0 Å². The summed E-state index contributed by atoms with van der Waals surface area (Å²) in [7, 11) is 0. The van der Waals surface area contributed by atoms with Gasteiger partial charge in [0.1, 0.15) is 0 Å². The zero-order valence-corrected chi connectivity index (χ0v) is 12.8. The third-order valence-electron chi connectivity index (χ3n) is 4.32. The lowest BCUT2D eigenvalue weighted by atomic mass is 10.0. The molecule has 3 nitrogen and oxygen atoms in total. The summed E-state index contributed by atoms with van der Waals surface area (Å²) in [5.41, 5.74) is 2.04. The molecule has 2 aromatic carbocycles. The summed E-state index contributed by atoms with van der Waals surface area (Å²) in [6.45, 7) is 2.10. The summed E-state index contributed by atoms with van der Waals surface area (Å²) >= 11 is 0. The van der Waals surface area contributed by atoms with E-state index in [9.17, 15) is 9.90 Å². The molecule has 0 aliphatic heterocycles. The van der Waals surface area contributed by atoms with Gasteiger partial charge in [-0.25, -0.2) is 0 Å². The Bertz CT molecular complexity index is 643. The van der Waals surface area contributed by atoms with E-state index in [4.69, 9.17) is 0 Å². The second-order valence-electron chi connectivity index (χ2n) is 6.26. The first-order chi connectivity index (χ1) is 10.6. The molecule has 0 spiro atoms. The average molecular weight is 295 g/mol. The molecular weight excluding hydrogens is 274 g/mol. The molecule has 2 N–H and O–H groups in total. The molecule has 114 valence electrons. The number of hydrogen-bond donors (Lipinski definition) is 2. The number of benzene rings is 2. The van der Waals surface area contributed by atoms with Gasteiger partial charge in [-0.1, -0.05) is 42.5 Å². The van der Waals surface area contributed by atoms with Gasteiger partial charge in [0.2, 0.25) is 0 Å². The van der Waals surface area contributed by atoms with Crippen LogP contribution in [0.3, 0.4) is 0 Å². The summed E-state index contributed by atoms with van der Waals surface area (Å²) in [6, 6.07) is 17.6. The SMILES string of the molecule is CC(O)(CNC(=O)c1ccc(-c2ccccc2)cc1)C1CC1. The fourth-order valence-corrected chi connectivity index (χ4v) is 2.66. The Labute approximate surface area is 131 Å². The van der Waals surface area contributed by atoms with Gasteiger partial charge in [-0.2, -0.15) is 0 Å². The van der Waals surface area contributed by atoms with E-state index in [1.807, 2.05) is 54.6 Å². The number of rotatable bonds is 5. The Morgan fingerprint density at radius 3 is 2.27 bits per heavy atom. The van der Waals surface area contributed by atoms with E-state index in [0.717, 1.165) is 24.0 Å². The first-order valence-corrected chi connectivity index (χ1v) is 7.72. The van der Waals surface area contributed by atoms with Crippen molar-refractivity contribution < 1.29 is 9.90 Å². The largest absolute Gasteiger partial charge is 0.388 e. The lowest BCUT2D eigenvalue weighted by molar-refractivity contribution is 0.0354. The van der Waals surface area contributed by atoms with Gasteiger partial charge in [0.15, 0.2) is 0 Å². The van der Waals surface area contributed by atoms with Gasteiger partial charge >= 0.3 is 0 Å². The van der Waals surface area contributed by atoms with Crippen LogP contribution < -0.4 is 5.32 Å². The molecule has 0 radical (unpaired) electrons. The van der Waals surface area contributed by atoms with Gasteiger partial charge < -0.3 is 10.4 Å². The van der Waals surface area contributed by atoms with Crippen molar-refractivity contribution in [2.24, 2.45) is 5.92 Å². The molecule has 0 saturated heterocycles. The molecule has 0 heterocycles. The molecule has 22 heavy (non-hydrogen) atoms. The van der Waals surface area contributed by atoms with Crippen molar-refractivity contribution in [3.05, 3.63) is 60.2 Å². The zero-order chi connectivity index (χ0) is 15.6. The third-order valence-corrected chi connectivity index (χ3v) is 4.32. The molecule has 1 fully saturated rings. The maximum Gasteiger partial charge on any atom is 0.251 e. The smallest absolute Gasteiger partial charge is 0.251 e. The molecule has 1 saturated carbocycles. The fourth-order valence-electron chi connectivity index (χ4n) is 2.66. The van der Waals surface area contributed by atoms with Crippen molar-refractivity contribution in [3.63, 3.8) is 0 Å². The number of aliphatic hydroxyl groups is 1. The maximum atomic E-state index is 12.2. The fraction of sp³-hybridized carbons (Fsp3) is 0.316. The van der Waals surface area contributed by atoms with Gasteiger partial charge in [-0.15, -0.1) is 0 Å². The van der Waals surface area contributed by atoms with Crippen molar-refractivity contribution >= 4 is 5.91 Å². The Hall–Kier alpha value is -2.13. The first-order valence-electron chi connectivity index (χ1n) is 7.72. The molecular formula is C19H21NO2. The molecule has 0 aromatic heterocycles. The molecule has 1 amide bonds. The third kappa shape index (κ3) is 3.37. The Morgan fingerprint density at radius 2 is 1.68 bits per heavy atom. The summed E-state index contributed by atoms with van der Waals surface area (Å²) in [6.07, 6.45) is 2.10. The molecule has 1 aliphatic carbocycles. The predicted molar refractivity (Wildman–Crippen MR) is 87.6 cm³/mol. The van der Waals surface area contributed by atoms with Gasteiger partial charge in [-0.3, -0.25) is 4.79 Å². The van der Waals surface area contributed by atoms with Crippen LogP contribution in [0, 0.1) is 5.92 Å². The van der Waals surface area contributed by atoms with E-state index in [1.165, 1.54) is 0 Å². The molecule has 2 aromatic rings. The Morgan fingerprint density at radius 1 is 1.09 bits per heavy atom. The quantitative estimate of drug-likeness (QED) is 0.889. The van der Waals surface area contributed by atoms with Crippen molar-refractivity contribution in [2.75, 3.05) is 6.54 Å². The monoisotopic (exact) mass is 295 g/mol. The number of amides is 1. The van der Waals surface area contributed by atoms with E-state index in [1.54, 1.807) is 6.92 Å². The van der Waals surface area contributed by atoms with Gasteiger partial charge in [0.25, 0.3) is 5.91 Å². The first kappa shape index (κ1) is 14.8. The molecule has 1 unspecified atom stereocenters. The number of hydrogen-bond acceptors (Lipinski definition) is 2. The minimum absolute atomic E-state index is 0.138. The zero-order valence-electron chi connectivity index (χ0n) is 12.8. The van der Waals surface area contributed by atoms with Gasteiger partial charge in [0.05, 0.1) is 5.60 Å². The topological polar surface area (TPSA) is 49.3 Å². The van der Waals surface area contributed by atoms with Crippen molar-refractivity contribution in [3.8, 4) is 11.1 Å². The minimum Gasteiger partial charge on any atom is -0.388 e. The van der Waals surface area contributed by atoms with Crippen molar-refractivity contribution in [2.45, 2.75) is 25.4 Å². The van der Waals surface area contributed by atoms with Gasteiger partial charge in [-0.05, 0) is 48.9 Å². The number of nitrogens with one attached hydrogen (secondary N) is 1. The predicted octanol–water partition coefficient (Wildman–Crippen LogP) is 3.24. The van der Waals surface area contributed by atoms with E-state index >= 15 is 0 Å². The van der Waals surface area contributed by atoms with Crippen LogP contribution in [0.1, 0.15) is 30.1 Å². The van der Waals surface area contributed by atoms with Crippen LogP contribution in [-0.2, 0) is 0 Å². The summed E-state index contributed by atoms with van der Waals surface area (Å²) in [5, 5.41) is 13.1. The second-order valence-corrected chi connectivity index (χ2v) is 6.26. The van der Waals surface area contributed by atoms with Crippen LogP contribution in [0.25, 0.3) is 11.1 Å². The highest BCUT2D eigenvalue weighted by Gasteiger charge is 2.39. The Balaban J connectivity index is 1.64. The van der Waals surface area contributed by atoms with Crippen molar-refractivity contribution in [1.82, 2.24) is 5.32 Å². The van der Waals surface area contributed by atoms with Gasteiger partial charge in [0, 0.05) is 12.1 Å². The molecule has 1 atom stereocenters. The van der Waals surface area contributed by atoms with Crippen LogP contribution in [0.4, 0.5) is 0 Å². The molecule has 0 bridgehead atoms. The number of carbonyl (C=O) groups is 1. The normalized spacial score (nSPS) is 16.8. The second kappa shape index (κ2) is 5.93. The maximum absolute atomic E-state index is 12.2. The van der Waals surface area contributed by atoms with E-state index in [-0.39, 0.29) is 5.91 Å². The standard InChI is InChI=1S/C19H21NO2/c1-19(22,17-11-12-17)13-20-18(21)16-9-7-15(8-10-16)14-5-3-2-4-6-14/h2-10,17,22H,11-13H2,1H3,(H,20,21). The Kier molecular flexibility index (Phi) is 3.99. The summed E-state index contributed by atoms with van der Waals surface area (Å²) in [5.74, 6) is 0.189. The lowest BCUT2D eigenvalue weighted by Crippen LogP contribution is -2.42. The highest BCUT2D eigenvalue weighted by molar-refractivity contribution is 5.94. The van der Waals surface area contributed by atoms with Crippen LogP contribution in [-0.4, -0.2) is 23.2 Å². The van der Waals surface area contributed by atoms with Crippen LogP contribution >= 0.6 is 0 Å². The summed E-state index contributed by atoms with van der Waals surface area (Å²) in [4.78, 5) is 12.2. The number of carbonyl (C=O) groups excluding carboxylic acids is 1. The highest BCUT2D eigenvalue weighted by atomic mass is 16.3. The summed E-state index contributed by atoms with van der Waals surface area (Å²) < 4.78 is 0.